The van der Waals surface area contributed by atoms with Crippen LogP contribution in [0.15, 0.2) is 24.3 Å². The molecule has 1 aromatic rings. The maximum atomic E-state index is 12.8. The molecule has 0 radical (unpaired) electrons. The molecular weight excluding hydrogens is 382 g/mol. The molecule has 30 heavy (non-hydrogen) atoms. The molecule has 4 fully saturated rings. The molecule has 158 valence electrons. The zero-order chi connectivity index (χ0) is 21.1. The maximum Gasteiger partial charge on any atom is 0.325 e. The van der Waals surface area contributed by atoms with Gasteiger partial charge in [0, 0.05) is 11.1 Å². The lowest BCUT2D eigenvalue weighted by molar-refractivity contribution is -0.152. The number of amides is 2. The third-order valence-electron chi connectivity index (χ3n) is 6.80. The Morgan fingerprint density at radius 1 is 1.03 bits per heavy atom. The summed E-state index contributed by atoms with van der Waals surface area (Å²) in [6, 6.07) is 8.95. The van der Waals surface area contributed by atoms with Gasteiger partial charge >= 0.3 is 5.97 Å². The van der Waals surface area contributed by atoms with Crippen LogP contribution in [-0.4, -0.2) is 30.9 Å². The number of carbonyl (C=O) groups excluding carboxylic acids is 3. The Bertz CT molecular complexity index is 836. The molecule has 0 aliphatic heterocycles. The standard InChI is InChI=1S/C23H27N3O4/c24-6-5-15-1-3-19(4-2-15)26-20(27)14-30-21(28)13-25-22(29)23-10-16-7-17(11-23)9-18(8-16)12-23/h1-4,16-18H,5,7-14H2,(H,25,29)(H,26,27). The molecule has 7 heteroatoms. The minimum atomic E-state index is -0.618. The van der Waals surface area contributed by atoms with Crippen molar-refractivity contribution in [2.45, 2.75) is 44.9 Å². The summed E-state index contributed by atoms with van der Waals surface area (Å²) in [6.07, 6.45) is 6.89. The molecule has 2 N–H and O–H groups in total. The van der Waals surface area contributed by atoms with Crippen molar-refractivity contribution in [3.8, 4) is 6.07 Å². The lowest BCUT2D eigenvalue weighted by Gasteiger charge is -2.55. The minimum absolute atomic E-state index is 0.0274. The molecule has 0 saturated heterocycles. The highest BCUT2D eigenvalue weighted by molar-refractivity contribution is 5.93. The highest BCUT2D eigenvalue weighted by Gasteiger charge is 2.54. The first-order valence-corrected chi connectivity index (χ1v) is 10.7. The van der Waals surface area contributed by atoms with Crippen molar-refractivity contribution < 1.29 is 19.1 Å². The highest BCUT2D eigenvalue weighted by Crippen LogP contribution is 2.60. The third kappa shape index (κ3) is 4.48. The largest absolute Gasteiger partial charge is 0.454 e. The Balaban J connectivity index is 1.19. The number of rotatable bonds is 7. The summed E-state index contributed by atoms with van der Waals surface area (Å²) in [5.74, 6) is 0.877. The topological polar surface area (TPSA) is 108 Å². The van der Waals surface area contributed by atoms with Gasteiger partial charge < -0.3 is 15.4 Å². The number of hydrogen-bond donors (Lipinski definition) is 2. The maximum absolute atomic E-state index is 12.8. The van der Waals surface area contributed by atoms with Gasteiger partial charge in [-0.3, -0.25) is 14.4 Å². The number of esters is 1. The van der Waals surface area contributed by atoms with Crippen LogP contribution in [0.1, 0.15) is 44.1 Å². The van der Waals surface area contributed by atoms with Gasteiger partial charge in [0.1, 0.15) is 6.54 Å². The molecule has 0 unspecified atom stereocenters. The number of nitrogens with one attached hydrogen (secondary N) is 2. The van der Waals surface area contributed by atoms with Crippen LogP contribution in [0.4, 0.5) is 5.69 Å². The van der Waals surface area contributed by atoms with E-state index in [9.17, 15) is 14.4 Å². The molecule has 7 nitrogen and oxygen atoms in total. The van der Waals surface area contributed by atoms with Crippen molar-refractivity contribution in [3.63, 3.8) is 0 Å². The van der Waals surface area contributed by atoms with Crippen LogP contribution in [-0.2, 0) is 25.5 Å². The molecular formula is C23H27N3O4. The van der Waals surface area contributed by atoms with Gasteiger partial charge in [-0.2, -0.15) is 5.26 Å². The van der Waals surface area contributed by atoms with Gasteiger partial charge in [0.2, 0.25) is 5.91 Å². The second-order valence-electron chi connectivity index (χ2n) is 9.12. The van der Waals surface area contributed by atoms with Gasteiger partial charge in [0.15, 0.2) is 6.61 Å². The summed E-state index contributed by atoms with van der Waals surface area (Å²) in [7, 11) is 0. The van der Waals surface area contributed by atoms with Crippen molar-refractivity contribution in [1.82, 2.24) is 5.32 Å². The number of anilines is 1. The van der Waals surface area contributed by atoms with Crippen LogP contribution < -0.4 is 10.6 Å². The lowest BCUT2D eigenvalue weighted by Crippen LogP contribution is -2.54. The van der Waals surface area contributed by atoms with E-state index in [1.165, 1.54) is 19.3 Å². The Hall–Kier alpha value is -2.88. The van der Waals surface area contributed by atoms with Crippen molar-refractivity contribution in [1.29, 1.82) is 5.26 Å². The zero-order valence-electron chi connectivity index (χ0n) is 17.0. The van der Waals surface area contributed by atoms with Gasteiger partial charge in [-0.05, 0) is 74.0 Å². The fourth-order valence-electron chi connectivity index (χ4n) is 5.92. The second-order valence-corrected chi connectivity index (χ2v) is 9.12. The van der Waals surface area contributed by atoms with Gasteiger partial charge in [0.25, 0.3) is 5.91 Å². The van der Waals surface area contributed by atoms with Crippen LogP contribution >= 0.6 is 0 Å². The van der Waals surface area contributed by atoms with Crippen molar-refractivity contribution in [2.75, 3.05) is 18.5 Å². The van der Waals surface area contributed by atoms with Crippen LogP contribution in [0.5, 0.6) is 0 Å². The average molecular weight is 409 g/mol. The van der Waals surface area contributed by atoms with E-state index >= 15 is 0 Å². The first-order chi connectivity index (χ1) is 14.5. The Labute approximate surface area is 176 Å². The van der Waals surface area contributed by atoms with Crippen LogP contribution in [0.3, 0.4) is 0 Å². The van der Waals surface area contributed by atoms with E-state index in [2.05, 4.69) is 16.7 Å². The highest BCUT2D eigenvalue weighted by atomic mass is 16.5. The van der Waals surface area contributed by atoms with E-state index in [1.807, 2.05) is 0 Å². The second kappa shape index (κ2) is 8.47. The normalized spacial score (nSPS) is 28.4. The summed E-state index contributed by atoms with van der Waals surface area (Å²) >= 11 is 0. The lowest BCUT2D eigenvalue weighted by atomic mass is 9.49. The smallest absolute Gasteiger partial charge is 0.325 e. The van der Waals surface area contributed by atoms with E-state index in [0.717, 1.165) is 24.8 Å². The van der Waals surface area contributed by atoms with Crippen molar-refractivity contribution >= 4 is 23.5 Å². The molecule has 2 amide bonds. The summed E-state index contributed by atoms with van der Waals surface area (Å²) in [6.45, 7) is -0.622. The first kappa shape index (κ1) is 20.4. The van der Waals surface area contributed by atoms with E-state index < -0.39 is 18.5 Å². The molecule has 4 saturated carbocycles. The van der Waals surface area contributed by atoms with Gasteiger partial charge in [-0.25, -0.2) is 0 Å². The summed E-state index contributed by atoms with van der Waals surface area (Å²) in [4.78, 5) is 36.8. The number of carbonyl (C=O) groups is 3. The van der Waals surface area contributed by atoms with E-state index in [1.54, 1.807) is 24.3 Å². The third-order valence-corrected chi connectivity index (χ3v) is 6.80. The van der Waals surface area contributed by atoms with Crippen molar-refractivity contribution in [2.24, 2.45) is 23.2 Å². The van der Waals surface area contributed by atoms with E-state index in [4.69, 9.17) is 10.00 Å². The predicted molar refractivity (Wildman–Crippen MR) is 109 cm³/mol. The molecule has 4 bridgehead atoms. The molecule has 0 aromatic heterocycles. The van der Waals surface area contributed by atoms with Crippen LogP contribution in [0.25, 0.3) is 0 Å². The molecule has 5 rings (SSSR count). The van der Waals surface area contributed by atoms with E-state index in [0.29, 0.717) is 29.9 Å². The summed E-state index contributed by atoms with van der Waals surface area (Å²) < 4.78 is 5.00. The molecule has 4 aliphatic rings. The Morgan fingerprint density at radius 3 is 2.20 bits per heavy atom. The van der Waals surface area contributed by atoms with Gasteiger partial charge in [-0.1, -0.05) is 12.1 Å². The number of benzene rings is 1. The first-order valence-electron chi connectivity index (χ1n) is 10.7. The summed E-state index contributed by atoms with van der Waals surface area (Å²) in [5.41, 5.74) is 1.12. The number of ether oxygens (including phenoxy) is 1. The summed E-state index contributed by atoms with van der Waals surface area (Å²) in [5, 5.41) is 14.1. The minimum Gasteiger partial charge on any atom is -0.454 e. The molecule has 0 spiro atoms. The number of nitriles is 1. The van der Waals surface area contributed by atoms with Gasteiger partial charge in [-0.15, -0.1) is 0 Å². The fourth-order valence-corrected chi connectivity index (χ4v) is 5.92. The molecule has 1 aromatic carbocycles. The number of hydrogen-bond acceptors (Lipinski definition) is 5. The fraction of sp³-hybridized carbons (Fsp3) is 0.565. The average Bonchev–Trinajstić information content (AvgIpc) is 2.71. The zero-order valence-corrected chi connectivity index (χ0v) is 17.0. The Kier molecular flexibility index (Phi) is 5.76. The monoisotopic (exact) mass is 409 g/mol. The van der Waals surface area contributed by atoms with Gasteiger partial charge in [0.05, 0.1) is 12.5 Å². The van der Waals surface area contributed by atoms with E-state index in [-0.39, 0.29) is 17.9 Å². The quantitative estimate of drug-likeness (QED) is 0.673. The molecule has 0 heterocycles. The number of nitrogens with zero attached hydrogens (tertiary/aromatic N) is 1. The SMILES string of the molecule is N#CCc1ccc(NC(=O)COC(=O)CNC(=O)C23CC4CC(CC(C4)C2)C3)cc1. The van der Waals surface area contributed by atoms with Crippen LogP contribution in [0, 0.1) is 34.5 Å². The molecule has 0 atom stereocenters. The Morgan fingerprint density at radius 2 is 1.63 bits per heavy atom. The predicted octanol–water partition coefficient (Wildman–Crippen LogP) is 2.57. The van der Waals surface area contributed by atoms with Crippen LogP contribution in [0.2, 0.25) is 0 Å². The molecule has 4 aliphatic carbocycles. The van der Waals surface area contributed by atoms with Crippen molar-refractivity contribution in [3.05, 3.63) is 29.8 Å².